The highest BCUT2D eigenvalue weighted by molar-refractivity contribution is 8.00. The molecule has 2 unspecified atom stereocenters. The molecule has 0 fully saturated rings. The molecule has 0 saturated carbocycles. The highest BCUT2D eigenvalue weighted by Crippen LogP contribution is 2.44. The average Bonchev–Trinajstić information content (AvgIpc) is 3.44. The van der Waals surface area contributed by atoms with E-state index in [4.69, 9.17) is 16.3 Å². The Kier molecular flexibility index (Phi) is 9.88. The average molecular weight is 667 g/mol. The van der Waals surface area contributed by atoms with E-state index in [9.17, 15) is 14.4 Å². The Morgan fingerprint density at radius 1 is 0.891 bits per heavy atom. The Morgan fingerprint density at radius 3 is 2.37 bits per heavy atom. The summed E-state index contributed by atoms with van der Waals surface area (Å²) >= 11 is 8.90. The molecule has 0 spiro atoms. The minimum Gasteiger partial charge on any atom is -0.465 e. The number of esters is 1. The fraction of sp³-hybridized carbons (Fsp3) is 0.162. The minimum atomic E-state index is -0.637. The number of halogens is 1. The van der Waals surface area contributed by atoms with Crippen LogP contribution in [0.5, 0.6) is 0 Å². The maximum atomic E-state index is 14.1. The third kappa shape index (κ3) is 7.20. The van der Waals surface area contributed by atoms with E-state index in [2.05, 4.69) is 34.9 Å². The zero-order valence-corrected chi connectivity index (χ0v) is 27.4. The molecular weight excluding hydrogens is 636 g/mol. The van der Waals surface area contributed by atoms with Crippen LogP contribution in [0.2, 0.25) is 5.02 Å². The number of carbonyl (C=O) groups excluding carboxylic acids is 3. The number of hydrogen-bond donors (Lipinski definition) is 2. The zero-order chi connectivity index (χ0) is 32.0. The summed E-state index contributed by atoms with van der Waals surface area (Å²) in [4.78, 5) is 41.9. The fourth-order valence-electron chi connectivity index (χ4n) is 5.70. The number of fused-ring (bicyclic) bond motifs is 1. The summed E-state index contributed by atoms with van der Waals surface area (Å²) in [6.45, 7) is 0. The van der Waals surface area contributed by atoms with Crippen LogP contribution in [-0.4, -0.2) is 24.9 Å². The molecule has 9 heteroatoms. The van der Waals surface area contributed by atoms with Crippen LogP contribution in [0, 0.1) is 0 Å². The Labute approximate surface area is 281 Å². The number of anilines is 2. The van der Waals surface area contributed by atoms with Gasteiger partial charge in [0.15, 0.2) is 0 Å². The monoisotopic (exact) mass is 666 g/mol. The normalized spacial score (nSPS) is 14.5. The van der Waals surface area contributed by atoms with Gasteiger partial charge in [0.2, 0.25) is 5.91 Å². The number of rotatable bonds is 9. The maximum absolute atomic E-state index is 14.1. The molecular formula is C37H31ClN2O4S2. The van der Waals surface area contributed by atoms with Gasteiger partial charge in [-0.15, -0.1) is 23.1 Å². The second-order valence-electron chi connectivity index (χ2n) is 10.9. The van der Waals surface area contributed by atoms with Crippen molar-refractivity contribution < 1.29 is 19.1 Å². The van der Waals surface area contributed by atoms with Crippen molar-refractivity contribution in [2.24, 2.45) is 0 Å². The summed E-state index contributed by atoms with van der Waals surface area (Å²) < 4.78 is 5.19. The van der Waals surface area contributed by atoms with Gasteiger partial charge in [0.1, 0.15) is 10.3 Å². The number of hydrogen-bond acceptors (Lipinski definition) is 6. The van der Waals surface area contributed by atoms with Crippen LogP contribution < -0.4 is 10.6 Å². The van der Waals surface area contributed by atoms with Crippen molar-refractivity contribution in [3.8, 4) is 0 Å². The largest absolute Gasteiger partial charge is 0.465 e. The van der Waals surface area contributed by atoms with Gasteiger partial charge in [-0.2, -0.15) is 0 Å². The second-order valence-corrected chi connectivity index (χ2v) is 13.7. The molecule has 2 N–H and O–H groups in total. The van der Waals surface area contributed by atoms with Gasteiger partial charge in [-0.3, -0.25) is 9.59 Å². The van der Waals surface area contributed by atoms with E-state index >= 15 is 0 Å². The molecule has 6 nitrogen and oxygen atoms in total. The Morgan fingerprint density at radius 2 is 1.63 bits per heavy atom. The van der Waals surface area contributed by atoms with E-state index in [0.717, 1.165) is 40.2 Å². The molecule has 4 aromatic carbocycles. The van der Waals surface area contributed by atoms with Crippen LogP contribution in [0.4, 0.5) is 10.7 Å². The lowest BCUT2D eigenvalue weighted by Gasteiger charge is -2.22. The number of ether oxygens (including phenoxy) is 1. The molecule has 1 aliphatic rings. The summed E-state index contributed by atoms with van der Waals surface area (Å²) in [5, 5.41) is 6.38. The van der Waals surface area contributed by atoms with Crippen LogP contribution in [0.15, 0.2) is 114 Å². The number of carbonyl (C=O) groups is 3. The Bertz CT molecular complexity index is 1880. The van der Waals surface area contributed by atoms with Crippen molar-refractivity contribution in [1.82, 2.24) is 0 Å². The Hall–Kier alpha value is -4.37. The van der Waals surface area contributed by atoms with Crippen LogP contribution in [0.3, 0.4) is 0 Å². The fourth-order valence-corrected chi connectivity index (χ4v) is 8.29. The minimum absolute atomic E-state index is 0.257. The van der Waals surface area contributed by atoms with E-state index in [-0.39, 0.29) is 11.8 Å². The van der Waals surface area contributed by atoms with Gasteiger partial charge in [0, 0.05) is 26.0 Å². The SMILES string of the molecule is COC(=O)c1c(NC(=O)C(Sc2cccc(NC(=O)c3cccc(Cl)c3)c2)c2ccccc2)sc2c1CCC(c1ccccc1)C2. The summed E-state index contributed by atoms with van der Waals surface area (Å²) in [5.74, 6) is -0.639. The molecule has 2 atom stereocenters. The molecule has 2 amide bonds. The molecule has 1 aliphatic carbocycles. The standard InChI is InChI=1S/C37H31ClN2O4S2/c1-44-37(43)32-30-19-18-25(23-10-4-2-5-11-23)21-31(30)46-36(32)40-35(42)33(24-12-6-3-7-13-24)45-29-17-9-16-28(22-29)39-34(41)26-14-8-15-27(38)20-26/h2-17,20,22,25,33H,18-19,21H2,1H3,(H,39,41)(H,40,42). The van der Waals surface area contributed by atoms with E-state index in [1.54, 1.807) is 30.3 Å². The molecule has 0 aliphatic heterocycles. The molecule has 0 saturated heterocycles. The molecule has 0 radical (unpaired) electrons. The van der Waals surface area contributed by atoms with Crippen molar-refractivity contribution in [1.29, 1.82) is 0 Å². The van der Waals surface area contributed by atoms with Crippen molar-refractivity contribution in [2.45, 2.75) is 35.3 Å². The summed E-state index contributed by atoms with van der Waals surface area (Å²) in [6, 6.07) is 34.0. The lowest BCUT2D eigenvalue weighted by atomic mass is 9.83. The van der Waals surface area contributed by atoms with Gasteiger partial charge >= 0.3 is 5.97 Å². The first-order chi connectivity index (χ1) is 22.4. The van der Waals surface area contributed by atoms with Crippen molar-refractivity contribution in [2.75, 3.05) is 17.7 Å². The molecule has 46 heavy (non-hydrogen) atoms. The van der Waals surface area contributed by atoms with Gasteiger partial charge in [0.25, 0.3) is 5.91 Å². The zero-order valence-electron chi connectivity index (χ0n) is 25.0. The molecule has 1 aromatic heterocycles. The molecule has 6 rings (SSSR count). The first-order valence-electron chi connectivity index (χ1n) is 14.9. The number of benzene rings is 4. The molecule has 0 bridgehead atoms. The predicted octanol–water partition coefficient (Wildman–Crippen LogP) is 9.19. The number of nitrogens with one attached hydrogen (secondary N) is 2. The summed E-state index contributed by atoms with van der Waals surface area (Å²) in [7, 11) is 1.37. The summed E-state index contributed by atoms with van der Waals surface area (Å²) in [6.07, 6.45) is 2.45. The van der Waals surface area contributed by atoms with Crippen LogP contribution in [-0.2, 0) is 22.4 Å². The second kappa shape index (κ2) is 14.4. The first kappa shape index (κ1) is 31.6. The van der Waals surface area contributed by atoms with E-state index in [1.807, 2.05) is 54.6 Å². The highest BCUT2D eigenvalue weighted by Gasteiger charge is 2.32. The molecule has 1 heterocycles. The van der Waals surface area contributed by atoms with Crippen LogP contribution in [0.1, 0.15) is 59.9 Å². The molecule has 232 valence electrons. The van der Waals surface area contributed by atoms with E-state index < -0.39 is 11.2 Å². The summed E-state index contributed by atoms with van der Waals surface area (Å²) in [5.41, 5.74) is 4.54. The smallest absolute Gasteiger partial charge is 0.341 e. The van der Waals surface area contributed by atoms with Crippen molar-refractivity contribution in [3.63, 3.8) is 0 Å². The third-order valence-corrected chi connectivity index (χ3v) is 10.6. The lowest BCUT2D eigenvalue weighted by Crippen LogP contribution is -2.20. The van der Waals surface area contributed by atoms with Gasteiger partial charge < -0.3 is 15.4 Å². The van der Waals surface area contributed by atoms with Gasteiger partial charge in [-0.05, 0) is 78.3 Å². The number of amides is 2. The highest BCUT2D eigenvalue weighted by atomic mass is 35.5. The Balaban J connectivity index is 1.26. The van der Waals surface area contributed by atoms with E-state index in [1.165, 1.54) is 35.8 Å². The first-order valence-corrected chi connectivity index (χ1v) is 16.9. The van der Waals surface area contributed by atoms with Crippen molar-refractivity contribution in [3.05, 3.63) is 147 Å². The van der Waals surface area contributed by atoms with Crippen molar-refractivity contribution >= 4 is 63.2 Å². The number of thiophene rings is 1. The lowest BCUT2D eigenvalue weighted by molar-refractivity contribution is -0.115. The maximum Gasteiger partial charge on any atom is 0.341 e. The third-order valence-electron chi connectivity index (χ3n) is 7.94. The van der Waals surface area contributed by atoms with Gasteiger partial charge in [0.05, 0.1) is 12.7 Å². The quantitative estimate of drug-likeness (QED) is 0.121. The number of thioether (sulfide) groups is 1. The van der Waals surface area contributed by atoms with Crippen LogP contribution >= 0.6 is 34.7 Å². The van der Waals surface area contributed by atoms with E-state index in [0.29, 0.717) is 32.8 Å². The number of methoxy groups -OCH3 is 1. The van der Waals surface area contributed by atoms with Crippen LogP contribution in [0.25, 0.3) is 0 Å². The van der Waals surface area contributed by atoms with Gasteiger partial charge in [-0.25, -0.2) is 4.79 Å². The molecule has 5 aromatic rings. The predicted molar refractivity (Wildman–Crippen MR) is 186 cm³/mol. The van der Waals surface area contributed by atoms with Gasteiger partial charge in [-0.1, -0.05) is 84.4 Å². The topological polar surface area (TPSA) is 84.5 Å².